The van der Waals surface area contributed by atoms with Gasteiger partial charge in [-0.2, -0.15) is 8.78 Å². The fourth-order valence-corrected chi connectivity index (χ4v) is 1.58. The highest BCUT2D eigenvalue weighted by atomic mass is 19.3. The van der Waals surface area contributed by atoms with Gasteiger partial charge in [0.25, 0.3) is 0 Å². The Labute approximate surface area is 120 Å². The van der Waals surface area contributed by atoms with Crippen molar-refractivity contribution in [3.05, 3.63) is 17.9 Å². The molecule has 4 N–H and O–H groups in total. The van der Waals surface area contributed by atoms with Crippen LogP contribution in [-0.4, -0.2) is 25.1 Å². The molecule has 0 aliphatic heterocycles. The molecule has 1 aromatic rings. The van der Waals surface area contributed by atoms with Crippen molar-refractivity contribution < 1.29 is 22.7 Å². The van der Waals surface area contributed by atoms with Crippen molar-refractivity contribution in [2.45, 2.75) is 32.9 Å². The van der Waals surface area contributed by atoms with Gasteiger partial charge in [-0.25, -0.2) is 4.39 Å². The quantitative estimate of drug-likeness (QED) is 0.676. The minimum absolute atomic E-state index is 0.00995. The Morgan fingerprint density at radius 3 is 2.67 bits per heavy atom. The number of rotatable bonds is 7. The predicted octanol–water partition coefficient (Wildman–Crippen LogP) is 2.34. The summed E-state index contributed by atoms with van der Waals surface area (Å²) in [6, 6.07) is 1.20. The predicted molar refractivity (Wildman–Crippen MR) is 73.8 cm³/mol. The minimum Gasteiger partial charge on any atom is -0.432 e. The molecule has 0 radical (unpaired) electrons. The van der Waals surface area contributed by atoms with Gasteiger partial charge in [-0.15, -0.1) is 0 Å². The lowest BCUT2D eigenvalue weighted by atomic mass is 10.2. The Hall–Kier alpha value is -2.12. The number of carbonyl (C=O) groups excluding carboxylic acids is 1. The average molecular weight is 305 g/mol. The standard InChI is InChI=1S/C13H18F3N3O2/c1-3-4-18-12(20)7(2)19-10-6-11(21-13(15)16)8(14)5-9(10)17/h5-7,13,19H,3-4,17H2,1-2H3,(H,18,20). The molecule has 1 atom stereocenters. The Morgan fingerprint density at radius 2 is 2.10 bits per heavy atom. The molecule has 0 fully saturated rings. The molecule has 1 amide bonds. The van der Waals surface area contributed by atoms with Crippen LogP contribution in [0.4, 0.5) is 24.5 Å². The summed E-state index contributed by atoms with van der Waals surface area (Å²) in [4.78, 5) is 11.7. The molecule has 1 aromatic carbocycles. The van der Waals surface area contributed by atoms with Crippen LogP contribution >= 0.6 is 0 Å². The third-order valence-corrected chi connectivity index (χ3v) is 2.63. The van der Waals surface area contributed by atoms with Gasteiger partial charge in [0.15, 0.2) is 11.6 Å². The van der Waals surface area contributed by atoms with Gasteiger partial charge in [0.1, 0.15) is 6.04 Å². The van der Waals surface area contributed by atoms with E-state index in [1.807, 2.05) is 6.92 Å². The monoisotopic (exact) mass is 305 g/mol. The van der Waals surface area contributed by atoms with Crippen molar-refractivity contribution in [1.29, 1.82) is 0 Å². The van der Waals surface area contributed by atoms with E-state index in [1.54, 1.807) is 6.92 Å². The third-order valence-electron chi connectivity index (χ3n) is 2.63. The molecule has 8 heteroatoms. The first-order valence-corrected chi connectivity index (χ1v) is 6.43. The molecule has 0 saturated heterocycles. The van der Waals surface area contributed by atoms with Gasteiger partial charge in [0.2, 0.25) is 5.91 Å². The molecule has 0 heterocycles. The lowest BCUT2D eigenvalue weighted by molar-refractivity contribution is -0.121. The van der Waals surface area contributed by atoms with Gasteiger partial charge >= 0.3 is 6.61 Å². The van der Waals surface area contributed by atoms with E-state index < -0.39 is 24.2 Å². The number of nitrogens with one attached hydrogen (secondary N) is 2. The van der Waals surface area contributed by atoms with E-state index in [0.717, 1.165) is 18.6 Å². The summed E-state index contributed by atoms with van der Waals surface area (Å²) < 4.78 is 41.8. The van der Waals surface area contributed by atoms with Crippen LogP contribution in [0, 0.1) is 5.82 Å². The Balaban J connectivity index is 2.84. The van der Waals surface area contributed by atoms with Crippen molar-refractivity contribution in [1.82, 2.24) is 5.32 Å². The van der Waals surface area contributed by atoms with Crippen LogP contribution in [0.2, 0.25) is 0 Å². The topological polar surface area (TPSA) is 76.4 Å². The fraction of sp³-hybridized carbons (Fsp3) is 0.462. The third kappa shape index (κ3) is 5.05. The van der Waals surface area contributed by atoms with Crippen LogP contribution < -0.4 is 21.1 Å². The normalized spacial score (nSPS) is 12.1. The maximum atomic E-state index is 13.4. The van der Waals surface area contributed by atoms with E-state index in [9.17, 15) is 18.0 Å². The first-order chi connectivity index (χ1) is 9.85. The van der Waals surface area contributed by atoms with Crippen molar-refractivity contribution in [3.63, 3.8) is 0 Å². The zero-order chi connectivity index (χ0) is 16.0. The van der Waals surface area contributed by atoms with Crippen molar-refractivity contribution in [3.8, 4) is 5.75 Å². The molecule has 0 spiro atoms. The van der Waals surface area contributed by atoms with Crippen LogP contribution in [0.1, 0.15) is 20.3 Å². The van der Waals surface area contributed by atoms with Crippen LogP contribution in [0.5, 0.6) is 5.75 Å². The van der Waals surface area contributed by atoms with E-state index in [-0.39, 0.29) is 17.3 Å². The molecule has 1 rings (SSSR count). The summed E-state index contributed by atoms with van der Waals surface area (Å²) >= 11 is 0. The Kier molecular flexibility index (Phi) is 6.13. The van der Waals surface area contributed by atoms with Gasteiger partial charge in [-0.05, 0) is 13.3 Å². The highest BCUT2D eigenvalue weighted by Crippen LogP contribution is 2.29. The lowest BCUT2D eigenvalue weighted by Gasteiger charge is -2.17. The van der Waals surface area contributed by atoms with Crippen molar-refractivity contribution >= 4 is 17.3 Å². The van der Waals surface area contributed by atoms with Gasteiger partial charge in [0, 0.05) is 18.7 Å². The summed E-state index contributed by atoms with van der Waals surface area (Å²) in [6.45, 7) is 0.844. The number of benzene rings is 1. The lowest BCUT2D eigenvalue weighted by Crippen LogP contribution is -2.38. The number of hydrogen-bond acceptors (Lipinski definition) is 4. The number of nitrogen functional groups attached to an aromatic ring is 1. The molecule has 5 nitrogen and oxygen atoms in total. The summed E-state index contributed by atoms with van der Waals surface area (Å²) in [7, 11) is 0. The molecule has 0 aliphatic rings. The highest BCUT2D eigenvalue weighted by molar-refractivity contribution is 5.85. The number of halogens is 3. The first-order valence-electron chi connectivity index (χ1n) is 6.43. The number of nitrogens with two attached hydrogens (primary N) is 1. The van der Waals surface area contributed by atoms with Gasteiger partial charge in [0.05, 0.1) is 11.4 Å². The Morgan fingerprint density at radius 1 is 1.43 bits per heavy atom. The Bertz CT molecular complexity index is 498. The van der Waals surface area contributed by atoms with E-state index in [4.69, 9.17) is 5.73 Å². The minimum atomic E-state index is -3.15. The summed E-state index contributed by atoms with van der Waals surface area (Å²) in [5.74, 6) is -1.92. The molecule has 1 unspecified atom stereocenters. The number of ether oxygens (including phenoxy) is 1. The molecular formula is C13H18F3N3O2. The van der Waals surface area contributed by atoms with E-state index in [1.165, 1.54) is 0 Å². The van der Waals surface area contributed by atoms with E-state index in [0.29, 0.717) is 6.54 Å². The van der Waals surface area contributed by atoms with Crippen molar-refractivity contribution in [2.24, 2.45) is 0 Å². The maximum Gasteiger partial charge on any atom is 0.387 e. The van der Waals surface area contributed by atoms with Gasteiger partial charge in [-0.3, -0.25) is 4.79 Å². The second-order valence-electron chi connectivity index (χ2n) is 4.41. The van der Waals surface area contributed by atoms with Crippen LogP contribution in [-0.2, 0) is 4.79 Å². The molecule has 0 saturated carbocycles. The number of alkyl halides is 2. The number of amides is 1. The summed E-state index contributed by atoms with van der Waals surface area (Å²) in [5, 5.41) is 5.39. The number of hydrogen-bond donors (Lipinski definition) is 3. The first kappa shape index (κ1) is 16.9. The highest BCUT2D eigenvalue weighted by Gasteiger charge is 2.17. The molecule has 118 valence electrons. The molecular weight excluding hydrogens is 287 g/mol. The second-order valence-corrected chi connectivity index (χ2v) is 4.41. The smallest absolute Gasteiger partial charge is 0.387 e. The van der Waals surface area contributed by atoms with E-state index >= 15 is 0 Å². The van der Waals surface area contributed by atoms with Crippen LogP contribution in [0.25, 0.3) is 0 Å². The van der Waals surface area contributed by atoms with Crippen LogP contribution in [0.3, 0.4) is 0 Å². The van der Waals surface area contributed by atoms with E-state index in [2.05, 4.69) is 15.4 Å². The van der Waals surface area contributed by atoms with Gasteiger partial charge in [-0.1, -0.05) is 6.92 Å². The van der Waals surface area contributed by atoms with Crippen LogP contribution in [0.15, 0.2) is 12.1 Å². The SMILES string of the molecule is CCCNC(=O)C(C)Nc1cc(OC(F)F)c(F)cc1N. The number of carbonyl (C=O) groups is 1. The number of anilines is 2. The molecule has 0 aromatic heterocycles. The largest absolute Gasteiger partial charge is 0.432 e. The molecule has 0 bridgehead atoms. The fourth-order valence-electron chi connectivity index (χ4n) is 1.58. The zero-order valence-electron chi connectivity index (χ0n) is 11.8. The molecule has 0 aliphatic carbocycles. The van der Waals surface area contributed by atoms with Gasteiger partial charge < -0.3 is 21.1 Å². The average Bonchev–Trinajstić information content (AvgIpc) is 2.40. The summed E-state index contributed by atoms with van der Waals surface area (Å²) in [6.07, 6.45) is 0.781. The second kappa shape index (κ2) is 7.61. The summed E-state index contributed by atoms with van der Waals surface area (Å²) in [5.41, 5.74) is 5.73. The zero-order valence-corrected chi connectivity index (χ0v) is 11.8. The maximum absolute atomic E-state index is 13.4. The molecule has 21 heavy (non-hydrogen) atoms. The van der Waals surface area contributed by atoms with Crippen molar-refractivity contribution in [2.75, 3.05) is 17.6 Å².